The summed E-state index contributed by atoms with van der Waals surface area (Å²) in [6.07, 6.45) is -1.80. The van der Waals surface area contributed by atoms with Crippen LogP contribution in [0.5, 0.6) is 0 Å². The molecule has 0 aromatic heterocycles. The fourth-order valence-electron chi connectivity index (χ4n) is 3.66. The highest BCUT2D eigenvalue weighted by atomic mass is 16.9. The zero-order valence-electron chi connectivity index (χ0n) is 13.7. The molecule has 4 rings (SSSR count). The van der Waals surface area contributed by atoms with Crippen molar-refractivity contribution in [2.75, 3.05) is 6.61 Å². The van der Waals surface area contributed by atoms with E-state index >= 15 is 0 Å². The molecule has 4 aliphatic rings. The van der Waals surface area contributed by atoms with Gasteiger partial charge in [0.2, 0.25) is 0 Å². The van der Waals surface area contributed by atoms with Crippen molar-refractivity contribution < 1.29 is 33.6 Å². The first-order chi connectivity index (χ1) is 10.8. The topological polar surface area (TPSA) is 88.0 Å². The summed E-state index contributed by atoms with van der Waals surface area (Å²) in [5.74, 6) is -1.48. The Labute approximate surface area is 134 Å². The fourth-order valence-corrected chi connectivity index (χ4v) is 3.66. The molecule has 4 heterocycles. The first kappa shape index (κ1) is 15.7. The van der Waals surface area contributed by atoms with E-state index in [4.69, 9.17) is 28.5 Å². The SMILES string of the molecule is CC1(C)O[C@@H]2[C@H](O1)[C@H]1OC(C)(C)O[C@H]1O[C@@H]2[C@H]1CC(CO)=NO1. The molecule has 0 unspecified atom stereocenters. The Hall–Kier alpha value is -0.770. The lowest BCUT2D eigenvalue weighted by Gasteiger charge is -2.38. The van der Waals surface area contributed by atoms with Crippen LogP contribution in [-0.4, -0.2) is 65.8 Å². The molecule has 8 nitrogen and oxygen atoms in total. The third-order valence-electron chi connectivity index (χ3n) is 4.49. The summed E-state index contributed by atoms with van der Waals surface area (Å²) in [5, 5.41) is 13.1. The second-order valence-corrected chi connectivity index (χ2v) is 7.30. The van der Waals surface area contributed by atoms with Crippen LogP contribution >= 0.6 is 0 Å². The summed E-state index contributed by atoms with van der Waals surface area (Å²) in [7, 11) is 0. The molecule has 0 spiro atoms. The minimum atomic E-state index is -0.742. The van der Waals surface area contributed by atoms with Gasteiger partial charge in [0.05, 0.1) is 12.3 Å². The van der Waals surface area contributed by atoms with Gasteiger partial charge >= 0.3 is 0 Å². The predicted molar refractivity (Wildman–Crippen MR) is 76.5 cm³/mol. The summed E-state index contributed by atoms with van der Waals surface area (Å²) in [6, 6.07) is 0. The Kier molecular flexibility index (Phi) is 3.50. The highest BCUT2D eigenvalue weighted by Gasteiger charge is 2.62. The van der Waals surface area contributed by atoms with Crippen molar-refractivity contribution >= 4 is 5.71 Å². The van der Waals surface area contributed by atoms with Crippen LogP contribution in [0.4, 0.5) is 0 Å². The van der Waals surface area contributed by atoms with Gasteiger partial charge in [0.15, 0.2) is 24.0 Å². The van der Waals surface area contributed by atoms with Gasteiger partial charge in [0.25, 0.3) is 0 Å². The van der Waals surface area contributed by atoms with Crippen LogP contribution in [0.2, 0.25) is 0 Å². The molecule has 3 saturated heterocycles. The predicted octanol–water partition coefficient (Wildman–Crippen LogP) is 0.520. The van der Waals surface area contributed by atoms with Gasteiger partial charge in [-0.2, -0.15) is 0 Å². The number of aliphatic hydroxyl groups is 1. The molecule has 0 aromatic carbocycles. The number of fused-ring (bicyclic) bond motifs is 3. The number of nitrogens with zero attached hydrogens (tertiary/aromatic N) is 1. The molecule has 0 aromatic rings. The van der Waals surface area contributed by atoms with Crippen molar-refractivity contribution in [3.63, 3.8) is 0 Å². The molecule has 0 aliphatic carbocycles. The molecule has 0 amide bonds. The third-order valence-corrected chi connectivity index (χ3v) is 4.49. The van der Waals surface area contributed by atoms with Crippen LogP contribution in [0.1, 0.15) is 34.1 Å². The third kappa shape index (κ3) is 2.67. The van der Waals surface area contributed by atoms with E-state index in [1.807, 2.05) is 27.7 Å². The molecule has 130 valence electrons. The van der Waals surface area contributed by atoms with Crippen LogP contribution < -0.4 is 0 Å². The smallest absolute Gasteiger partial charge is 0.190 e. The number of aliphatic hydroxyl groups excluding tert-OH is 1. The van der Waals surface area contributed by atoms with Gasteiger partial charge in [0, 0.05) is 6.42 Å². The number of rotatable bonds is 2. The van der Waals surface area contributed by atoms with Crippen LogP contribution in [0.3, 0.4) is 0 Å². The number of ether oxygens (including phenoxy) is 5. The van der Waals surface area contributed by atoms with Gasteiger partial charge in [0.1, 0.15) is 24.4 Å². The average molecular weight is 329 g/mol. The molecule has 23 heavy (non-hydrogen) atoms. The van der Waals surface area contributed by atoms with Gasteiger partial charge in [-0.1, -0.05) is 5.16 Å². The minimum Gasteiger partial charge on any atom is -0.390 e. The first-order valence-electron chi connectivity index (χ1n) is 7.97. The van der Waals surface area contributed by atoms with Gasteiger partial charge in [-0.15, -0.1) is 0 Å². The largest absolute Gasteiger partial charge is 0.390 e. The normalized spacial score (nSPS) is 46.9. The second kappa shape index (κ2) is 5.11. The monoisotopic (exact) mass is 329 g/mol. The van der Waals surface area contributed by atoms with Crippen molar-refractivity contribution in [2.45, 2.75) is 82.5 Å². The average Bonchev–Trinajstić information content (AvgIpc) is 3.10. The molecule has 1 N–H and O–H groups in total. The lowest BCUT2D eigenvalue weighted by molar-refractivity contribution is -0.254. The maximum atomic E-state index is 9.22. The Morgan fingerprint density at radius 2 is 1.57 bits per heavy atom. The zero-order chi connectivity index (χ0) is 16.4. The van der Waals surface area contributed by atoms with Crippen LogP contribution in [0, 0.1) is 0 Å². The van der Waals surface area contributed by atoms with E-state index in [0.717, 1.165) is 0 Å². The molecular formula is C15H23NO7. The van der Waals surface area contributed by atoms with Crippen molar-refractivity contribution in [3.05, 3.63) is 0 Å². The summed E-state index contributed by atoms with van der Waals surface area (Å²) < 4.78 is 30.0. The van der Waals surface area contributed by atoms with E-state index in [9.17, 15) is 5.11 Å². The minimum absolute atomic E-state index is 0.126. The molecule has 0 saturated carbocycles. The van der Waals surface area contributed by atoms with E-state index < -0.39 is 24.0 Å². The second-order valence-electron chi connectivity index (χ2n) is 7.30. The van der Waals surface area contributed by atoms with E-state index in [2.05, 4.69) is 5.16 Å². The quantitative estimate of drug-likeness (QED) is 0.790. The maximum Gasteiger partial charge on any atom is 0.190 e. The van der Waals surface area contributed by atoms with Crippen molar-refractivity contribution in [1.82, 2.24) is 0 Å². The maximum absolute atomic E-state index is 9.22. The van der Waals surface area contributed by atoms with Crippen molar-refractivity contribution in [2.24, 2.45) is 5.16 Å². The van der Waals surface area contributed by atoms with E-state index in [1.54, 1.807) is 0 Å². The first-order valence-corrected chi connectivity index (χ1v) is 7.97. The molecule has 0 radical (unpaired) electrons. The summed E-state index contributed by atoms with van der Waals surface area (Å²) >= 11 is 0. The Bertz CT molecular complexity index is 520. The van der Waals surface area contributed by atoms with E-state index in [1.165, 1.54) is 0 Å². The number of hydrogen-bond donors (Lipinski definition) is 1. The molecular weight excluding hydrogens is 306 g/mol. The molecule has 6 atom stereocenters. The van der Waals surface area contributed by atoms with Gasteiger partial charge in [-0.3, -0.25) is 0 Å². The van der Waals surface area contributed by atoms with Gasteiger partial charge in [-0.05, 0) is 27.7 Å². The lowest BCUT2D eigenvalue weighted by Crippen LogP contribution is -2.58. The molecule has 8 heteroatoms. The fraction of sp³-hybridized carbons (Fsp3) is 0.933. The zero-order valence-corrected chi connectivity index (χ0v) is 13.7. The lowest BCUT2D eigenvalue weighted by atomic mass is 9.93. The standard InChI is InChI=1S/C15H23NO7/c1-14(2)19-10-9(8-5-7(6-17)16-23-8)18-13-12(11(10)20-14)21-15(3,4)22-13/h8-13,17H,5-6H2,1-4H3/t8-,9-,10+,11+,12-,13-/m1/s1. The van der Waals surface area contributed by atoms with Crippen LogP contribution in [0.25, 0.3) is 0 Å². The van der Waals surface area contributed by atoms with Gasteiger partial charge in [-0.25, -0.2) is 0 Å². The highest BCUT2D eigenvalue weighted by molar-refractivity contribution is 5.86. The number of oxime groups is 1. The molecule has 4 aliphatic heterocycles. The molecule has 0 bridgehead atoms. The Balaban J connectivity index is 1.58. The van der Waals surface area contributed by atoms with Crippen molar-refractivity contribution in [3.8, 4) is 0 Å². The van der Waals surface area contributed by atoms with Crippen molar-refractivity contribution in [1.29, 1.82) is 0 Å². The Morgan fingerprint density at radius 1 is 0.957 bits per heavy atom. The summed E-state index contributed by atoms with van der Waals surface area (Å²) in [5.41, 5.74) is 0.597. The summed E-state index contributed by atoms with van der Waals surface area (Å²) in [6.45, 7) is 7.29. The molecule has 3 fully saturated rings. The summed E-state index contributed by atoms with van der Waals surface area (Å²) in [4.78, 5) is 5.44. The van der Waals surface area contributed by atoms with E-state index in [-0.39, 0.29) is 31.0 Å². The highest BCUT2D eigenvalue weighted by Crippen LogP contribution is 2.45. The van der Waals surface area contributed by atoms with Gasteiger partial charge < -0.3 is 33.6 Å². The van der Waals surface area contributed by atoms with E-state index in [0.29, 0.717) is 12.1 Å². The Morgan fingerprint density at radius 3 is 2.22 bits per heavy atom. The van der Waals surface area contributed by atoms with Crippen LogP contribution in [-0.2, 0) is 28.5 Å². The van der Waals surface area contributed by atoms with Crippen LogP contribution in [0.15, 0.2) is 5.16 Å². The number of hydrogen-bond acceptors (Lipinski definition) is 8.